The lowest BCUT2D eigenvalue weighted by molar-refractivity contribution is 0.0939. The molecule has 2 aromatic carbocycles. The molecule has 0 saturated carbocycles. The maximum Gasteiger partial charge on any atom is 0.255 e. The van der Waals surface area contributed by atoms with E-state index in [9.17, 15) is 4.79 Å². The molecule has 0 aliphatic carbocycles. The van der Waals surface area contributed by atoms with Gasteiger partial charge in [-0.3, -0.25) is 4.79 Å². The molecule has 2 heterocycles. The number of ether oxygens (including phenoxy) is 2. The van der Waals surface area contributed by atoms with E-state index in [1.165, 1.54) is 0 Å². The Hall–Kier alpha value is -3.28. The first-order valence-electron chi connectivity index (χ1n) is 8.94. The number of aromatic nitrogens is 2. The Morgan fingerprint density at radius 2 is 1.85 bits per heavy atom. The molecule has 1 aliphatic heterocycles. The largest absolute Gasteiger partial charge is 0.486 e. The molecule has 4 rings (SSSR count). The van der Waals surface area contributed by atoms with Crippen molar-refractivity contribution in [2.24, 2.45) is 0 Å². The number of hydrogen-bond donors (Lipinski definition) is 1. The Balaban J connectivity index is 1.52. The average Bonchev–Trinajstić information content (AvgIpc) is 3.09. The molecule has 6 nitrogen and oxygen atoms in total. The molecular formula is C21H21N3O3. The number of fused-ring (bicyclic) bond motifs is 1. The number of benzene rings is 2. The second-order valence-corrected chi connectivity index (χ2v) is 6.49. The summed E-state index contributed by atoms with van der Waals surface area (Å²) in [7, 11) is 0. The molecule has 0 bridgehead atoms. The Labute approximate surface area is 157 Å². The third-order valence-corrected chi connectivity index (χ3v) is 4.67. The van der Waals surface area contributed by atoms with Crippen molar-refractivity contribution in [3.05, 3.63) is 71.5 Å². The lowest BCUT2D eigenvalue weighted by atomic mass is 10.1. The highest BCUT2D eigenvalue weighted by atomic mass is 16.6. The summed E-state index contributed by atoms with van der Waals surface area (Å²) >= 11 is 0. The zero-order valence-electron chi connectivity index (χ0n) is 15.3. The van der Waals surface area contributed by atoms with Gasteiger partial charge in [-0.1, -0.05) is 24.3 Å². The van der Waals surface area contributed by atoms with Gasteiger partial charge in [-0.15, -0.1) is 0 Å². The predicted octanol–water partition coefficient (Wildman–Crippen LogP) is 3.44. The van der Waals surface area contributed by atoms with Crippen molar-refractivity contribution in [1.29, 1.82) is 0 Å². The van der Waals surface area contributed by atoms with Crippen molar-refractivity contribution in [2.45, 2.75) is 19.9 Å². The molecule has 1 atom stereocenters. The first-order valence-corrected chi connectivity index (χ1v) is 8.94. The molecule has 1 N–H and O–H groups in total. The molecule has 6 heteroatoms. The van der Waals surface area contributed by atoms with E-state index in [1.807, 2.05) is 62.4 Å². The topological polar surface area (TPSA) is 65.4 Å². The molecule has 3 aromatic rings. The number of carbonyl (C=O) groups is 1. The quantitative estimate of drug-likeness (QED) is 0.771. The number of nitrogens with one attached hydrogen (secondary N) is 1. The molecule has 138 valence electrons. The highest BCUT2D eigenvalue weighted by Crippen LogP contribution is 2.32. The van der Waals surface area contributed by atoms with Gasteiger partial charge in [-0.25, -0.2) is 4.68 Å². The predicted molar refractivity (Wildman–Crippen MR) is 102 cm³/mol. The summed E-state index contributed by atoms with van der Waals surface area (Å²) in [6, 6.07) is 15.3. The van der Waals surface area contributed by atoms with Gasteiger partial charge < -0.3 is 14.8 Å². The maximum atomic E-state index is 12.8. The van der Waals surface area contributed by atoms with Crippen molar-refractivity contribution in [1.82, 2.24) is 15.1 Å². The standard InChI is InChI=1S/C21H21N3O3/c1-14(16-8-9-19-20(12-16)27-11-10-26-19)23-21(25)18-13-22-24(15(18)2)17-6-4-3-5-7-17/h3-9,12-14H,10-11H2,1-2H3,(H,23,25). The number of rotatable bonds is 4. The van der Waals surface area contributed by atoms with Crippen molar-refractivity contribution in [3.8, 4) is 17.2 Å². The van der Waals surface area contributed by atoms with E-state index in [0.717, 1.165) is 22.7 Å². The fraction of sp³-hybridized carbons (Fsp3) is 0.238. The fourth-order valence-electron chi connectivity index (χ4n) is 3.15. The molecule has 0 spiro atoms. The summed E-state index contributed by atoms with van der Waals surface area (Å²) < 4.78 is 12.9. The van der Waals surface area contributed by atoms with Gasteiger partial charge in [-0.05, 0) is 43.7 Å². The molecular weight excluding hydrogens is 342 g/mol. The third-order valence-electron chi connectivity index (χ3n) is 4.67. The summed E-state index contributed by atoms with van der Waals surface area (Å²) in [6.07, 6.45) is 1.61. The maximum absolute atomic E-state index is 12.8. The van der Waals surface area contributed by atoms with Gasteiger partial charge in [0.25, 0.3) is 5.91 Å². The molecule has 27 heavy (non-hydrogen) atoms. The summed E-state index contributed by atoms with van der Waals surface area (Å²) in [5.41, 5.74) is 3.24. The lowest BCUT2D eigenvalue weighted by Gasteiger charge is -2.21. The molecule has 0 saturated heterocycles. The van der Waals surface area contributed by atoms with Crippen LogP contribution in [0.1, 0.15) is 34.6 Å². The molecule has 1 aliphatic rings. The van der Waals surface area contributed by atoms with E-state index >= 15 is 0 Å². The van der Waals surface area contributed by atoms with Gasteiger partial charge in [0.1, 0.15) is 13.2 Å². The van der Waals surface area contributed by atoms with Crippen LogP contribution in [0.5, 0.6) is 11.5 Å². The van der Waals surface area contributed by atoms with Crippen molar-refractivity contribution in [3.63, 3.8) is 0 Å². The second-order valence-electron chi connectivity index (χ2n) is 6.49. The molecule has 1 aromatic heterocycles. The van der Waals surface area contributed by atoms with Crippen molar-refractivity contribution < 1.29 is 14.3 Å². The number of carbonyl (C=O) groups excluding carboxylic acids is 1. The number of nitrogens with zero attached hydrogens (tertiary/aromatic N) is 2. The fourth-order valence-corrected chi connectivity index (χ4v) is 3.15. The molecule has 0 fully saturated rings. The molecule has 1 unspecified atom stereocenters. The van der Waals surface area contributed by atoms with Gasteiger partial charge in [0, 0.05) is 0 Å². The summed E-state index contributed by atoms with van der Waals surface area (Å²) in [4.78, 5) is 12.8. The summed E-state index contributed by atoms with van der Waals surface area (Å²) in [6.45, 7) is 4.93. The number of amides is 1. The average molecular weight is 363 g/mol. The van der Waals surface area contributed by atoms with Gasteiger partial charge in [0.2, 0.25) is 0 Å². The number of para-hydroxylation sites is 1. The minimum absolute atomic E-state index is 0.155. The lowest BCUT2D eigenvalue weighted by Crippen LogP contribution is -2.27. The first-order chi connectivity index (χ1) is 13.1. The minimum Gasteiger partial charge on any atom is -0.486 e. The van der Waals surface area contributed by atoms with Crippen molar-refractivity contribution in [2.75, 3.05) is 13.2 Å². The summed E-state index contributed by atoms with van der Waals surface area (Å²) in [5, 5.41) is 7.40. The van der Waals surface area contributed by atoms with Crippen LogP contribution in [0.25, 0.3) is 5.69 Å². The van der Waals surface area contributed by atoms with Gasteiger partial charge in [0.15, 0.2) is 11.5 Å². The van der Waals surface area contributed by atoms with E-state index in [0.29, 0.717) is 24.5 Å². The second kappa shape index (κ2) is 7.15. The van der Waals surface area contributed by atoms with E-state index < -0.39 is 0 Å². The van der Waals surface area contributed by atoms with Gasteiger partial charge in [-0.2, -0.15) is 5.10 Å². The van der Waals surface area contributed by atoms with Crippen LogP contribution in [-0.4, -0.2) is 28.9 Å². The van der Waals surface area contributed by atoms with Crippen LogP contribution in [-0.2, 0) is 0 Å². The van der Waals surface area contributed by atoms with Crippen LogP contribution in [0.15, 0.2) is 54.7 Å². The smallest absolute Gasteiger partial charge is 0.255 e. The molecule has 1 amide bonds. The molecule has 0 radical (unpaired) electrons. The van der Waals surface area contributed by atoms with Gasteiger partial charge >= 0.3 is 0 Å². The first kappa shape index (κ1) is 17.1. The zero-order chi connectivity index (χ0) is 18.8. The van der Waals surface area contributed by atoms with Gasteiger partial charge in [0.05, 0.1) is 29.2 Å². The van der Waals surface area contributed by atoms with Crippen LogP contribution < -0.4 is 14.8 Å². The monoisotopic (exact) mass is 363 g/mol. The van der Waals surface area contributed by atoms with E-state index in [-0.39, 0.29) is 11.9 Å². The van der Waals surface area contributed by atoms with E-state index in [2.05, 4.69) is 10.4 Å². The Bertz CT molecular complexity index is 966. The van der Waals surface area contributed by atoms with Crippen LogP contribution >= 0.6 is 0 Å². The zero-order valence-corrected chi connectivity index (χ0v) is 15.3. The van der Waals surface area contributed by atoms with Crippen molar-refractivity contribution >= 4 is 5.91 Å². The van der Waals surface area contributed by atoms with Crippen LogP contribution in [0.3, 0.4) is 0 Å². The Morgan fingerprint density at radius 1 is 1.11 bits per heavy atom. The third kappa shape index (κ3) is 3.38. The van der Waals surface area contributed by atoms with Crippen LogP contribution in [0.4, 0.5) is 0 Å². The van der Waals surface area contributed by atoms with Crippen LogP contribution in [0, 0.1) is 6.92 Å². The summed E-state index contributed by atoms with van der Waals surface area (Å²) in [5.74, 6) is 1.30. The van der Waals surface area contributed by atoms with E-state index in [4.69, 9.17) is 9.47 Å². The minimum atomic E-state index is -0.173. The Morgan fingerprint density at radius 3 is 2.63 bits per heavy atom. The van der Waals surface area contributed by atoms with E-state index in [1.54, 1.807) is 10.9 Å². The SMILES string of the molecule is Cc1c(C(=O)NC(C)c2ccc3c(c2)OCCO3)cnn1-c1ccccc1. The highest BCUT2D eigenvalue weighted by Gasteiger charge is 2.19. The number of hydrogen-bond acceptors (Lipinski definition) is 4. The highest BCUT2D eigenvalue weighted by molar-refractivity contribution is 5.95. The van der Waals surface area contributed by atoms with Crippen LogP contribution in [0.2, 0.25) is 0 Å². The Kier molecular flexibility index (Phi) is 4.54. The normalized spacial score (nSPS) is 13.9.